The third-order valence-corrected chi connectivity index (χ3v) is 5.37. The summed E-state index contributed by atoms with van der Waals surface area (Å²) in [7, 11) is 0. The molecule has 0 radical (unpaired) electrons. The van der Waals surface area contributed by atoms with Gasteiger partial charge in [0.2, 0.25) is 0 Å². The summed E-state index contributed by atoms with van der Waals surface area (Å²) in [5.41, 5.74) is 1.56. The van der Waals surface area contributed by atoms with Gasteiger partial charge >= 0.3 is 0 Å². The van der Waals surface area contributed by atoms with Gasteiger partial charge < -0.3 is 15.3 Å². The largest absolute Gasteiger partial charge is 0.395 e. The first-order valence-corrected chi connectivity index (χ1v) is 11.1. The first-order chi connectivity index (χ1) is 15.0. The van der Waals surface area contributed by atoms with E-state index in [1.807, 2.05) is 30.9 Å². The average molecular weight is 478 g/mol. The number of halogens is 2. The molecule has 8 heteroatoms. The van der Waals surface area contributed by atoms with Gasteiger partial charge in [-0.2, -0.15) is 0 Å². The number of aryl methyl sites for hydroxylation is 1. The Morgan fingerprint density at radius 3 is 2.34 bits per heavy atom. The maximum atomic E-state index is 13.1. The van der Waals surface area contributed by atoms with Crippen LogP contribution >= 0.6 is 23.2 Å². The third kappa shape index (κ3) is 6.55. The Morgan fingerprint density at radius 1 is 1.12 bits per heavy atom. The summed E-state index contributed by atoms with van der Waals surface area (Å²) in [6.45, 7) is 10.4. The van der Waals surface area contributed by atoms with Crippen LogP contribution in [0.4, 0.5) is 17.1 Å². The SMILES string of the molecule is CCN(CCO)c1ccc(/N=C(/C(=O)Nc2ccc(Cl)cc2Cl)C(=O)C(C)(C)C)c(C)c1. The second-order valence-corrected chi connectivity index (χ2v) is 9.24. The minimum atomic E-state index is -0.812. The van der Waals surface area contributed by atoms with Crippen molar-refractivity contribution in [1.29, 1.82) is 0 Å². The van der Waals surface area contributed by atoms with Crippen LogP contribution in [0.1, 0.15) is 33.3 Å². The topological polar surface area (TPSA) is 82.0 Å². The van der Waals surface area contributed by atoms with Crippen molar-refractivity contribution in [2.24, 2.45) is 10.4 Å². The van der Waals surface area contributed by atoms with Gasteiger partial charge in [0.25, 0.3) is 5.91 Å². The molecule has 0 aliphatic heterocycles. The van der Waals surface area contributed by atoms with E-state index >= 15 is 0 Å². The third-order valence-electron chi connectivity index (χ3n) is 4.82. The number of ketones is 1. The van der Waals surface area contributed by atoms with Gasteiger partial charge in [0.05, 0.1) is 23.0 Å². The summed E-state index contributed by atoms with van der Waals surface area (Å²) in [4.78, 5) is 32.6. The number of Topliss-reactive ketones (excluding diaryl/α,β-unsaturated/α-hetero) is 1. The van der Waals surface area contributed by atoms with Gasteiger partial charge in [-0.25, -0.2) is 4.99 Å². The molecule has 0 bridgehead atoms. The lowest BCUT2D eigenvalue weighted by Gasteiger charge is -2.23. The van der Waals surface area contributed by atoms with Gasteiger partial charge in [-0.1, -0.05) is 44.0 Å². The number of aliphatic imine (C=N–C) groups is 1. The molecule has 0 atom stereocenters. The number of nitrogens with zero attached hydrogens (tertiary/aromatic N) is 2. The zero-order chi connectivity index (χ0) is 24.1. The number of aliphatic hydroxyl groups excluding tert-OH is 1. The Bertz CT molecular complexity index is 1030. The summed E-state index contributed by atoms with van der Waals surface area (Å²) >= 11 is 12.1. The van der Waals surface area contributed by atoms with Crippen molar-refractivity contribution in [3.63, 3.8) is 0 Å². The van der Waals surface area contributed by atoms with Crippen LogP contribution in [0, 0.1) is 12.3 Å². The molecule has 2 rings (SSSR count). The van der Waals surface area contributed by atoms with Crippen LogP contribution in [0.2, 0.25) is 10.0 Å². The Kier molecular flexibility index (Phi) is 8.84. The van der Waals surface area contributed by atoms with Crippen molar-refractivity contribution in [1.82, 2.24) is 0 Å². The minimum Gasteiger partial charge on any atom is -0.395 e. The van der Waals surface area contributed by atoms with Gasteiger partial charge in [-0.15, -0.1) is 0 Å². The molecule has 32 heavy (non-hydrogen) atoms. The van der Waals surface area contributed by atoms with Crippen LogP contribution in [0.3, 0.4) is 0 Å². The highest BCUT2D eigenvalue weighted by Crippen LogP contribution is 2.28. The maximum absolute atomic E-state index is 13.1. The molecule has 0 unspecified atom stereocenters. The smallest absolute Gasteiger partial charge is 0.278 e. The quantitative estimate of drug-likeness (QED) is 0.391. The van der Waals surface area contributed by atoms with Crippen molar-refractivity contribution in [2.75, 3.05) is 29.9 Å². The molecule has 0 heterocycles. The van der Waals surface area contributed by atoms with Crippen molar-refractivity contribution in [3.8, 4) is 0 Å². The first-order valence-electron chi connectivity index (χ1n) is 10.3. The molecular weight excluding hydrogens is 449 g/mol. The number of carbonyl (C=O) groups is 2. The fraction of sp³-hybridized carbons (Fsp3) is 0.375. The molecule has 2 aromatic rings. The highest BCUT2D eigenvalue weighted by molar-refractivity contribution is 6.68. The van der Waals surface area contributed by atoms with Crippen molar-refractivity contribution in [2.45, 2.75) is 34.6 Å². The predicted molar refractivity (Wildman–Crippen MR) is 133 cm³/mol. The summed E-state index contributed by atoms with van der Waals surface area (Å²) in [5, 5.41) is 12.6. The highest BCUT2D eigenvalue weighted by Gasteiger charge is 2.31. The van der Waals surface area contributed by atoms with E-state index in [1.54, 1.807) is 39.0 Å². The molecule has 0 aromatic heterocycles. The monoisotopic (exact) mass is 477 g/mol. The Balaban J connectivity index is 2.46. The van der Waals surface area contributed by atoms with E-state index in [2.05, 4.69) is 10.3 Å². The van der Waals surface area contributed by atoms with Gasteiger partial charge in [-0.3, -0.25) is 9.59 Å². The van der Waals surface area contributed by atoms with Gasteiger partial charge in [0, 0.05) is 29.2 Å². The number of hydrogen-bond donors (Lipinski definition) is 2. The molecule has 0 saturated carbocycles. The van der Waals surface area contributed by atoms with Gasteiger partial charge in [0.1, 0.15) is 0 Å². The molecule has 0 aliphatic rings. The minimum absolute atomic E-state index is 0.0461. The molecule has 1 amide bonds. The summed E-state index contributed by atoms with van der Waals surface area (Å²) in [6, 6.07) is 10.2. The number of likely N-dealkylation sites (N-methyl/N-ethyl adjacent to an activating group) is 1. The maximum Gasteiger partial charge on any atom is 0.278 e. The predicted octanol–water partition coefficient (Wildman–Crippen LogP) is 5.45. The van der Waals surface area contributed by atoms with E-state index in [4.69, 9.17) is 23.2 Å². The van der Waals surface area contributed by atoms with Crippen LogP contribution in [0.5, 0.6) is 0 Å². The Morgan fingerprint density at radius 2 is 1.81 bits per heavy atom. The number of aliphatic hydroxyl groups is 1. The molecule has 0 fully saturated rings. The number of nitrogens with one attached hydrogen (secondary N) is 1. The van der Waals surface area contributed by atoms with E-state index in [-0.39, 0.29) is 23.1 Å². The normalized spacial score (nSPS) is 11.9. The van der Waals surface area contributed by atoms with Crippen molar-refractivity contribution < 1.29 is 14.7 Å². The van der Waals surface area contributed by atoms with Gasteiger partial charge in [-0.05, 0) is 55.8 Å². The lowest BCUT2D eigenvalue weighted by atomic mass is 9.87. The fourth-order valence-corrected chi connectivity index (χ4v) is 3.46. The molecule has 0 aliphatic carbocycles. The van der Waals surface area contributed by atoms with Crippen LogP contribution in [0.15, 0.2) is 41.4 Å². The average Bonchev–Trinajstić information content (AvgIpc) is 2.72. The fourth-order valence-electron chi connectivity index (χ4n) is 3.00. The first kappa shape index (κ1) is 25.8. The molecule has 0 saturated heterocycles. The van der Waals surface area contributed by atoms with Crippen LogP contribution in [-0.2, 0) is 9.59 Å². The molecular formula is C24H29Cl2N3O3. The molecule has 6 nitrogen and oxygen atoms in total. The number of amides is 1. The number of carbonyl (C=O) groups excluding carboxylic acids is 2. The van der Waals surface area contributed by atoms with Crippen molar-refractivity contribution in [3.05, 3.63) is 52.0 Å². The number of benzene rings is 2. The number of hydrogen-bond acceptors (Lipinski definition) is 5. The van der Waals surface area contributed by atoms with Gasteiger partial charge in [0.15, 0.2) is 11.5 Å². The standard InChI is InChI=1S/C24H29Cl2N3O3/c1-6-29(11-12-30)17-8-10-19(15(2)13-17)27-21(22(31)24(3,4)5)23(32)28-20-9-7-16(25)14-18(20)26/h7-10,13-14,30H,6,11-12H2,1-5H3,(H,28,32)/b27-21+. The summed E-state index contributed by atoms with van der Waals surface area (Å²) in [5.74, 6) is -1.04. The van der Waals surface area contributed by atoms with Crippen molar-refractivity contribution >= 4 is 57.7 Å². The number of anilines is 2. The van der Waals surface area contributed by atoms with E-state index in [9.17, 15) is 14.7 Å². The van der Waals surface area contributed by atoms with E-state index in [0.717, 1.165) is 17.8 Å². The second-order valence-electron chi connectivity index (χ2n) is 8.39. The van der Waals surface area contributed by atoms with Crippen LogP contribution in [0.25, 0.3) is 0 Å². The lowest BCUT2D eigenvalue weighted by molar-refractivity contribution is -0.121. The van der Waals surface area contributed by atoms with E-state index < -0.39 is 11.3 Å². The highest BCUT2D eigenvalue weighted by atomic mass is 35.5. The Labute approximate surface area is 199 Å². The van der Waals surface area contributed by atoms with E-state index in [1.165, 1.54) is 6.07 Å². The van der Waals surface area contributed by atoms with Crippen LogP contribution in [-0.4, -0.2) is 42.2 Å². The zero-order valence-corrected chi connectivity index (χ0v) is 20.5. The zero-order valence-electron chi connectivity index (χ0n) is 19.0. The molecule has 0 spiro atoms. The summed E-state index contributed by atoms with van der Waals surface area (Å²) in [6.07, 6.45) is 0. The second kappa shape index (κ2) is 10.9. The molecule has 2 aromatic carbocycles. The Hall–Kier alpha value is -2.41. The number of rotatable bonds is 8. The molecule has 2 N–H and O–H groups in total. The molecule has 172 valence electrons. The summed E-state index contributed by atoms with van der Waals surface area (Å²) < 4.78 is 0. The van der Waals surface area contributed by atoms with Crippen LogP contribution < -0.4 is 10.2 Å². The lowest BCUT2D eigenvalue weighted by Crippen LogP contribution is -2.37. The van der Waals surface area contributed by atoms with E-state index in [0.29, 0.717) is 22.9 Å².